The highest BCUT2D eigenvalue weighted by Gasteiger charge is 2.41. The maximum absolute atomic E-state index is 9.75. The van der Waals surface area contributed by atoms with Crippen LogP contribution in [0.3, 0.4) is 0 Å². The van der Waals surface area contributed by atoms with Gasteiger partial charge < -0.3 is 4.90 Å². The quantitative estimate of drug-likeness (QED) is 0.669. The average molecular weight is 249 g/mol. The number of likely N-dealkylation sites (N-methyl/N-ethyl adjacent to an activating group) is 1. The van der Waals surface area contributed by atoms with Crippen molar-refractivity contribution >= 4 is 0 Å². The molecule has 1 saturated carbocycles. The number of nitrogens with zero attached hydrogens (tertiary/aromatic N) is 3. The van der Waals surface area contributed by atoms with E-state index in [1.807, 2.05) is 0 Å². The van der Waals surface area contributed by atoms with Gasteiger partial charge in [0.05, 0.1) is 6.07 Å². The topological polar surface area (TPSA) is 30.3 Å². The van der Waals surface area contributed by atoms with Crippen LogP contribution in [-0.2, 0) is 0 Å². The molecule has 1 aliphatic carbocycles. The van der Waals surface area contributed by atoms with Crippen LogP contribution in [0.1, 0.15) is 46.0 Å². The molecule has 102 valence electrons. The van der Waals surface area contributed by atoms with Crippen molar-refractivity contribution in [3.05, 3.63) is 0 Å². The first-order valence-electron chi connectivity index (χ1n) is 7.32. The molecule has 3 nitrogen and oxygen atoms in total. The van der Waals surface area contributed by atoms with Crippen LogP contribution < -0.4 is 0 Å². The van der Waals surface area contributed by atoms with Crippen LogP contribution >= 0.6 is 0 Å². The van der Waals surface area contributed by atoms with Gasteiger partial charge in [-0.25, -0.2) is 0 Å². The van der Waals surface area contributed by atoms with Crippen molar-refractivity contribution in [2.24, 2.45) is 5.41 Å². The van der Waals surface area contributed by atoms with Gasteiger partial charge in [-0.05, 0) is 38.1 Å². The third kappa shape index (κ3) is 2.87. The zero-order valence-electron chi connectivity index (χ0n) is 12.2. The van der Waals surface area contributed by atoms with Crippen LogP contribution in [0, 0.1) is 16.7 Å². The summed E-state index contributed by atoms with van der Waals surface area (Å²) in [5.74, 6) is 0. The van der Waals surface area contributed by atoms with E-state index in [0.29, 0.717) is 5.41 Å². The van der Waals surface area contributed by atoms with Crippen LogP contribution in [0.15, 0.2) is 0 Å². The number of hydrogen-bond donors (Lipinski definition) is 0. The summed E-state index contributed by atoms with van der Waals surface area (Å²) in [7, 11) is 2.17. The zero-order valence-corrected chi connectivity index (χ0v) is 12.2. The number of hydrogen-bond acceptors (Lipinski definition) is 3. The number of nitriles is 1. The Labute approximate surface area is 112 Å². The largest absolute Gasteiger partial charge is 0.304 e. The van der Waals surface area contributed by atoms with Gasteiger partial charge in [0.25, 0.3) is 0 Å². The van der Waals surface area contributed by atoms with E-state index in [-0.39, 0.29) is 5.54 Å². The minimum atomic E-state index is -0.172. The molecule has 2 rings (SSSR count). The molecular weight excluding hydrogens is 222 g/mol. The molecule has 1 saturated heterocycles. The van der Waals surface area contributed by atoms with E-state index in [1.165, 1.54) is 19.3 Å². The second-order valence-electron chi connectivity index (χ2n) is 6.95. The van der Waals surface area contributed by atoms with E-state index >= 15 is 0 Å². The first-order valence-corrected chi connectivity index (χ1v) is 7.32. The molecule has 18 heavy (non-hydrogen) atoms. The van der Waals surface area contributed by atoms with Crippen molar-refractivity contribution in [3.63, 3.8) is 0 Å². The van der Waals surface area contributed by atoms with Gasteiger partial charge in [0.2, 0.25) is 0 Å². The van der Waals surface area contributed by atoms with Crippen molar-refractivity contribution in [3.8, 4) is 6.07 Å². The second kappa shape index (κ2) is 5.19. The molecule has 1 unspecified atom stereocenters. The lowest BCUT2D eigenvalue weighted by atomic mass is 9.83. The van der Waals surface area contributed by atoms with E-state index < -0.39 is 0 Å². The van der Waals surface area contributed by atoms with Gasteiger partial charge in [-0.2, -0.15) is 5.26 Å². The molecule has 2 aliphatic rings. The zero-order chi connectivity index (χ0) is 13.2. The molecule has 1 heterocycles. The van der Waals surface area contributed by atoms with E-state index in [0.717, 1.165) is 39.0 Å². The highest BCUT2D eigenvalue weighted by Crippen LogP contribution is 2.40. The Kier molecular flexibility index (Phi) is 3.99. The average Bonchev–Trinajstić information content (AvgIpc) is 2.50. The molecule has 3 heteroatoms. The van der Waals surface area contributed by atoms with Crippen molar-refractivity contribution in [1.29, 1.82) is 5.26 Å². The van der Waals surface area contributed by atoms with E-state index in [4.69, 9.17) is 0 Å². The third-order valence-electron chi connectivity index (χ3n) is 4.98. The van der Waals surface area contributed by atoms with E-state index in [1.54, 1.807) is 0 Å². The molecule has 0 bridgehead atoms. The van der Waals surface area contributed by atoms with Crippen LogP contribution in [-0.4, -0.2) is 48.6 Å². The monoisotopic (exact) mass is 249 g/mol. The summed E-state index contributed by atoms with van der Waals surface area (Å²) < 4.78 is 0. The normalized spacial score (nSPS) is 34.8. The van der Waals surface area contributed by atoms with Crippen molar-refractivity contribution in [2.75, 3.05) is 33.2 Å². The molecule has 0 aromatic heterocycles. The summed E-state index contributed by atoms with van der Waals surface area (Å²) in [6, 6.07) is 2.69. The highest BCUT2D eigenvalue weighted by molar-refractivity contribution is 5.10. The summed E-state index contributed by atoms with van der Waals surface area (Å²) in [4.78, 5) is 4.83. The summed E-state index contributed by atoms with van der Waals surface area (Å²) in [6.45, 7) is 9.03. The van der Waals surface area contributed by atoms with Crippen LogP contribution in [0.25, 0.3) is 0 Å². The third-order valence-corrected chi connectivity index (χ3v) is 4.98. The summed E-state index contributed by atoms with van der Waals surface area (Å²) in [5, 5.41) is 9.75. The summed E-state index contributed by atoms with van der Waals surface area (Å²) in [6.07, 6.45) is 5.78. The maximum atomic E-state index is 9.75. The van der Waals surface area contributed by atoms with Gasteiger partial charge >= 0.3 is 0 Å². The Morgan fingerprint density at radius 2 is 1.61 bits per heavy atom. The maximum Gasteiger partial charge on any atom is 0.109 e. The van der Waals surface area contributed by atoms with Crippen LogP contribution in [0.4, 0.5) is 0 Å². The molecule has 0 amide bonds. The Morgan fingerprint density at radius 1 is 0.944 bits per heavy atom. The highest BCUT2D eigenvalue weighted by atomic mass is 15.3. The molecule has 0 spiro atoms. The lowest BCUT2D eigenvalue weighted by molar-refractivity contribution is 0.0620. The molecule has 0 aromatic rings. The lowest BCUT2D eigenvalue weighted by Crippen LogP contribution is -2.55. The predicted molar refractivity (Wildman–Crippen MR) is 74.3 cm³/mol. The summed E-state index contributed by atoms with van der Waals surface area (Å²) >= 11 is 0. The minimum absolute atomic E-state index is 0.172. The molecule has 0 N–H and O–H groups in total. The number of rotatable bonds is 1. The SMILES string of the molecule is CN1CCN(C2(C#N)CCCC(C)(C)CC2)CC1. The molecule has 0 radical (unpaired) electrons. The minimum Gasteiger partial charge on any atom is -0.304 e. The molecule has 1 aliphatic heterocycles. The fraction of sp³-hybridized carbons (Fsp3) is 0.933. The molecule has 0 aromatic carbocycles. The second-order valence-corrected chi connectivity index (χ2v) is 6.95. The standard InChI is InChI=1S/C15H27N3/c1-14(2)5-4-6-15(13-16,8-7-14)18-11-9-17(3)10-12-18/h4-12H2,1-3H3. The Bertz CT molecular complexity index is 323. The van der Waals surface area contributed by atoms with Crippen molar-refractivity contribution in [2.45, 2.75) is 51.5 Å². The van der Waals surface area contributed by atoms with Crippen molar-refractivity contribution in [1.82, 2.24) is 9.80 Å². The Morgan fingerprint density at radius 3 is 2.22 bits per heavy atom. The van der Waals surface area contributed by atoms with Crippen molar-refractivity contribution < 1.29 is 0 Å². The lowest BCUT2D eigenvalue weighted by Gasteiger charge is -2.43. The Balaban J connectivity index is 2.08. The first kappa shape index (κ1) is 13.8. The van der Waals surface area contributed by atoms with Gasteiger partial charge in [-0.3, -0.25) is 4.90 Å². The van der Waals surface area contributed by atoms with Gasteiger partial charge in [0, 0.05) is 26.2 Å². The van der Waals surface area contributed by atoms with Gasteiger partial charge in [0.15, 0.2) is 0 Å². The van der Waals surface area contributed by atoms with E-state index in [9.17, 15) is 5.26 Å². The Hall–Kier alpha value is -0.590. The summed E-state index contributed by atoms with van der Waals surface area (Å²) in [5.41, 5.74) is 0.250. The molecule has 1 atom stereocenters. The fourth-order valence-electron chi connectivity index (χ4n) is 3.39. The molecule has 2 fully saturated rings. The first-order chi connectivity index (χ1) is 8.47. The van der Waals surface area contributed by atoms with Gasteiger partial charge in [0.1, 0.15) is 5.54 Å². The van der Waals surface area contributed by atoms with Crippen LogP contribution in [0.5, 0.6) is 0 Å². The predicted octanol–water partition coefficient (Wildman–Crippen LogP) is 2.49. The number of piperazine rings is 1. The van der Waals surface area contributed by atoms with Gasteiger partial charge in [-0.15, -0.1) is 0 Å². The fourth-order valence-corrected chi connectivity index (χ4v) is 3.39. The van der Waals surface area contributed by atoms with E-state index in [2.05, 4.69) is 36.8 Å². The van der Waals surface area contributed by atoms with Crippen LogP contribution in [0.2, 0.25) is 0 Å². The van der Waals surface area contributed by atoms with Gasteiger partial charge in [-0.1, -0.05) is 20.3 Å². The smallest absolute Gasteiger partial charge is 0.109 e. The molecular formula is C15H27N3.